The van der Waals surface area contributed by atoms with E-state index in [1.807, 2.05) is 18.2 Å². The van der Waals surface area contributed by atoms with E-state index in [1.54, 1.807) is 4.90 Å². The van der Waals surface area contributed by atoms with Gasteiger partial charge in [0.1, 0.15) is 6.61 Å². The van der Waals surface area contributed by atoms with Crippen LogP contribution in [0.5, 0.6) is 0 Å². The number of benzene rings is 1. The van der Waals surface area contributed by atoms with Crippen LogP contribution in [0.2, 0.25) is 0 Å². The van der Waals surface area contributed by atoms with Gasteiger partial charge in [0.25, 0.3) is 5.91 Å². The number of carbonyl (C=O) groups excluding carboxylic acids is 2. The Morgan fingerprint density at radius 1 is 1.35 bits per heavy atom. The van der Waals surface area contributed by atoms with Gasteiger partial charge >= 0.3 is 5.97 Å². The summed E-state index contributed by atoms with van der Waals surface area (Å²) in [7, 11) is 1.33. The van der Waals surface area contributed by atoms with Crippen molar-refractivity contribution in [3.63, 3.8) is 0 Å². The zero-order chi connectivity index (χ0) is 16.2. The molecule has 2 aliphatic rings. The highest BCUT2D eigenvalue weighted by Gasteiger charge is 2.28. The number of nitrogens with zero attached hydrogens (tertiary/aromatic N) is 1. The van der Waals surface area contributed by atoms with E-state index in [9.17, 15) is 9.59 Å². The van der Waals surface area contributed by atoms with Gasteiger partial charge in [-0.2, -0.15) is 0 Å². The highest BCUT2D eigenvalue weighted by Crippen LogP contribution is 2.21. The van der Waals surface area contributed by atoms with Crippen LogP contribution in [0.15, 0.2) is 18.2 Å². The first kappa shape index (κ1) is 16.0. The maximum absolute atomic E-state index is 12.6. The maximum atomic E-state index is 12.6. The van der Waals surface area contributed by atoms with Crippen LogP contribution >= 0.6 is 0 Å². The Bertz CT molecular complexity index is 601. The maximum Gasteiger partial charge on any atom is 0.331 e. The van der Waals surface area contributed by atoms with Crippen LogP contribution < -0.4 is 0 Å². The Labute approximate surface area is 135 Å². The van der Waals surface area contributed by atoms with E-state index in [4.69, 9.17) is 9.47 Å². The van der Waals surface area contributed by atoms with Gasteiger partial charge in [-0.1, -0.05) is 6.07 Å². The molecule has 6 heteroatoms. The number of esters is 1. The van der Waals surface area contributed by atoms with Gasteiger partial charge < -0.3 is 19.1 Å². The minimum Gasteiger partial charge on any atom is -0.467 e. The second kappa shape index (κ2) is 7.10. The fraction of sp³-hybridized carbons (Fsp3) is 0.529. The third kappa shape index (κ3) is 3.71. The molecule has 0 radical (unpaired) electrons. The Morgan fingerprint density at radius 3 is 3.04 bits per heavy atom. The fourth-order valence-electron chi connectivity index (χ4n) is 2.98. The van der Waals surface area contributed by atoms with Crippen LogP contribution in [0.4, 0.5) is 0 Å². The lowest BCUT2D eigenvalue weighted by Gasteiger charge is -2.20. The number of rotatable bonds is 4. The van der Waals surface area contributed by atoms with Crippen molar-refractivity contribution >= 4 is 11.9 Å². The molecule has 1 saturated heterocycles. The summed E-state index contributed by atoms with van der Waals surface area (Å²) in [5, 5.41) is 0. The van der Waals surface area contributed by atoms with Crippen LogP contribution in [0.1, 0.15) is 27.9 Å². The third-order valence-corrected chi connectivity index (χ3v) is 4.32. The molecule has 2 heterocycles. The molecule has 1 aromatic rings. The Balaban J connectivity index is 1.59. The lowest BCUT2D eigenvalue weighted by atomic mass is 10.00. The molecule has 1 unspecified atom stereocenters. The van der Waals surface area contributed by atoms with E-state index >= 15 is 0 Å². The van der Waals surface area contributed by atoms with Crippen molar-refractivity contribution in [3.8, 4) is 0 Å². The highest BCUT2D eigenvalue weighted by atomic mass is 16.6. The van der Waals surface area contributed by atoms with Gasteiger partial charge in [0.2, 0.25) is 0 Å². The standard InChI is InChI=1S/C17H21NO5/c1-21-16(19)11-23-15-4-6-18(9-15)17(20)13-3-2-12-5-7-22-10-14(12)8-13/h2-3,8,15H,4-7,9-11H2,1H3. The summed E-state index contributed by atoms with van der Waals surface area (Å²) in [6.45, 7) is 2.38. The summed E-state index contributed by atoms with van der Waals surface area (Å²) in [6, 6.07) is 5.83. The number of hydrogen-bond acceptors (Lipinski definition) is 5. The molecule has 0 bridgehead atoms. The summed E-state index contributed by atoms with van der Waals surface area (Å²) >= 11 is 0. The number of likely N-dealkylation sites (tertiary alicyclic amines) is 1. The topological polar surface area (TPSA) is 65.1 Å². The first-order chi connectivity index (χ1) is 11.2. The molecule has 0 saturated carbocycles. The average molecular weight is 319 g/mol. The molecule has 23 heavy (non-hydrogen) atoms. The summed E-state index contributed by atoms with van der Waals surface area (Å²) < 4.78 is 15.5. The van der Waals surface area contributed by atoms with E-state index in [2.05, 4.69) is 4.74 Å². The zero-order valence-corrected chi connectivity index (χ0v) is 13.2. The van der Waals surface area contributed by atoms with Gasteiger partial charge in [-0.15, -0.1) is 0 Å². The van der Waals surface area contributed by atoms with Crippen LogP contribution in [-0.2, 0) is 32.0 Å². The van der Waals surface area contributed by atoms with Crippen molar-refractivity contribution in [2.75, 3.05) is 33.4 Å². The number of hydrogen-bond donors (Lipinski definition) is 0. The van der Waals surface area contributed by atoms with Crippen LogP contribution in [0, 0.1) is 0 Å². The first-order valence-corrected chi connectivity index (χ1v) is 7.84. The number of ether oxygens (including phenoxy) is 3. The van der Waals surface area contributed by atoms with E-state index in [-0.39, 0.29) is 18.6 Å². The molecule has 1 atom stereocenters. The lowest BCUT2D eigenvalue weighted by molar-refractivity contribution is -0.147. The monoisotopic (exact) mass is 319 g/mol. The van der Waals surface area contributed by atoms with E-state index in [0.29, 0.717) is 25.3 Å². The summed E-state index contributed by atoms with van der Waals surface area (Å²) in [5.74, 6) is -0.396. The Morgan fingerprint density at radius 2 is 2.22 bits per heavy atom. The zero-order valence-electron chi connectivity index (χ0n) is 13.2. The van der Waals surface area contributed by atoms with Crippen molar-refractivity contribution in [1.29, 1.82) is 0 Å². The largest absolute Gasteiger partial charge is 0.467 e. The smallest absolute Gasteiger partial charge is 0.331 e. The van der Waals surface area contributed by atoms with Gasteiger partial charge in [-0.3, -0.25) is 4.79 Å². The Kier molecular flexibility index (Phi) is 4.93. The molecule has 124 valence electrons. The number of fused-ring (bicyclic) bond motifs is 1. The van der Waals surface area contributed by atoms with Crippen LogP contribution in [0.3, 0.4) is 0 Å². The van der Waals surface area contributed by atoms with Gasteiger partial charge in [-0.05, 0) is 36.1 Å². The average Bonchev–Trinajstić information content (AvgIpc) is 3.07. The van der Waals surface area contributed by atoms with Crippen LogP contribution in [-0.4, -0.2) is 56.3 Å². The fourth-order valence-corrected chi connectivity index (χ4v) is 2.98. The molecule has 2 aliphatic heterocycles. The molecule has 0 N–H and O–H groups in total. The highest BCUT2D eigenvalue weighted by molar-refractivity contribution is 5.94. The van der Waals surface area contributed by atoms with Crippen molar-refractivity contribution in [3.05, 3.63) is 34.9 Å². The van der Waals surface area contributed by atoms with Crippen molar-refractivity contribution in [2.45, 2.75) is 25.6 Å². The predicted octanol–water partition coefficient (Wildman–Crippen LogP) is 1.16. The second-order valence-electron chi connectivity index (χ2n) is 5.84. The van der Waals surface area contributed by atoms with Gasteiger partial charge in [-0.25, -0.2) is 4.79 Å². The van der Waals surface area contributed by atoms with Crippen molar-refractivity contribution in [1.82, 2.24) is 4.90 Å². The van der Waals surface area contributed by atoms with Gasteiger partial charge in [0, 0.05) is 18.7 Å². The number of amides is 1. The number of methoxy groups -OCH3 is 1. The van der Waals surface area contributed by atoms with Gasteiger partial charge in [0.05, 0.1) is 26.4 Å². The van der Waals surface area contributed by atoms with Crippen molar-refractivity contribution < 1.29 is 23.8 Å². The minimum absolute atomic E-state index is 0.00235. The molecule has 1 amide bonds. The summed E-state index contributed by atoms with van der Waals surface area (Å²) in [6.07, 6.45) is 1.52. The third-order valence-electron chi connectivity index (χ3n) is 4.32. The number of carbonyl (C=O) groups is 2. The van der Waals surface area contributed by atoms with E-state index < -0.39 is 5.97 Å². The van der Waals surface area contributed by atoms with Gasteiger partial charge in [0.15, 0.2) is 0 Å². The van der Waals surface area contributed by atoms with E-state index in [0.717, 1.165) is 25.0 Å². The lowest BCUT2D eigenvalue weighted by Crippen LogP contribution is -2.31. The summed E-state index contributed by atoms with van der Waals surface area (Å²) in [4.78, 5) is 25.5. The normalized spacial score (nSPS) is 20.2. The second-order valence-corrected chi connectivity index (χ2v) is 5.84. The summed E-state index contributed by atoms with van der Waals surface area (Å²) in [5.41, 5.74) is 3.04. The van der Waals surface area contributed by atoms with Crippen LogP contribution in [0.25, 0.3) is 0 Å². The van der Waals surface area contributed by atoms with E-state index in [1.165, 1.54) is 12.7 Å². The molecule has 0 spiro atoms. The molecule has 1 aromatic carbocycles. The Hall–Kier alpha value is -1.92. The molecule has 0 aromatic heterocycles. The predicted molar refractivity (Wildman–Crippen MR) is 82.1 cm³/mol. The SMILES string of the molecule is COC(=O)COC1CCN(C(=O)c2ccc3c(c2)COCC3)C1. The molecular weight excluding hydrogens is 298 g/mol. The molecule has 6 nitrogen and oxygen atoms in total. The molecule has 1 fully saturated rings. The molecular formula is C17H21NO5. The quantitative estimate of drug-likeness (QED) is 0.779. The molecule has 0 aliphatic carbocycles. The first-order valence-electron chi connectivity index (χ1n) is 7.84. The minimum atomic E-state index is -0.399. The molecule has 3 rings (SSSR count). The van der Waals surface area contributed by atoms with Crippen molar-refractivity contribution in [2.24, 2.45) is 0 Å².